The first-order chi connectivity index (χ1) is 19.0. The molecule has 2 atom stereocenters. The predicted molar refractivity (Wildman–Crippen MR) is 156 cm³/mol. The number of rotatable bonds is 14. The average Bonchev–Trinajstić information content (AvgIpc) is 2.93. The van der Waals surface area contributed by atoms with Crippen LogP contribution in [0.4, 0.5) is 0 Å². The highest BCUT2D eigenvalue weighted by Gasteiger charge is 2.28. The molecule has 3 aromatic carbocycles. The topological polar surface area (TPSA) is 197 Å². The number of hydrogen-bond donors (Lipinski definition) is 6. The van der Waals surface area contributed by atoms with Crippen LogP contribution in [0.15, 0.2) is 66.7 Å². The Kier molecular flexibility index (Phi) is 10.3. The van der Waals surface area contributed by atoms with E-state index >= 15 is 0 Å². The van der Waals surface area contributed by atoms with Gasteiger partial charge in [-0.15, -0.1) is 0 Å². The zero-order chi connectivity index (χ0) is 29.3. The number of amides is 3. The molecule has 8 N–H and O–H groups in total. The molecule has 3 aromatic rings. The Morgan fingerprint density at radius 1 is 0.900 bits per heavy atom. The quantitative estimate of drug-likeness (QED) is 0.125. The maximum absolute atomic E-state index is 13.4. The molecule has 0 bridgehead atoms. The number of nitrogens with two attached hydrogens (primary N) is 2. The van der Waals surface area contributed by atoms with Gasteiger partial charge in [0, 0.05) is 20.0 Å². The van der Waals surface area contributed by atoms with Crippen molar-refractivity contribution in [3.8, 4) is 0 Å². The number of sulfonamides is 1. The van der Waals surface area contributed by atoms with E-state index in [-0.39, 0.29) is 38.8 Å². The normalized spacial score (nSPS) is 12.8. The van der Waals surface area contributed by atoms with Gasteiger partial charge in [0.15, 0.2) is 0 Å². The standard InChI is InChI=1S/C28H34N6O5S.H2/c1-2-40(38,39)34-24(16-19-9-10-20-5-3-4-6-22(20)15-19)28(37)33-23(13-14-25(29)35)27(36)32-17-18-7-11-21(12-8-18)26(30)31;/h3-12,15,23-24,34H,2,13-14,16-17H2,1H3,(H2,29,35)(H3,30,31)(H,32,36)(H,33,37);1H/t23-,24+;/m0./s1. The van der Waals surface area contributed by atoms with Crippen LogP contribution in [0.25, 0.3) is 10.8 Å². The van der Waals surface area contributed by atoms with E-state index in [1.807, 2.05) is 42.5 Å². The van der Waals surface area contributed by atoms with Crippen molar-refractivity contribution in [1.82, 2.24) is 15.4 Å². The Morgan fingerprint density at radius 3 is 2.17 bits per heavy atom. The summed E-state index contributed by atoms with van der Waals surface area (Å²) in [5.74, 6) is -2.23. The minimum Gasteiger partial charge on any atom is -0.384 e. The summed E-state index contributed by atoms with van der Waals surface area (Å²) >= 11 is 0. The highest BCUT2D eigenvalue weighted by Crippen LogP contribution is 2.17. The fourth-order valence-corrected chi connectivity index (χ4v) is 4.82. The van der Waals surface area contributed by atoms with Gasteiger partial charge in [-0.05, 0) is 41.7 Å². The van der Waals surface area contributed by atoms with Crippen molar-refractivity contribution < 1.29 is 24.2 Å². The Bertz CT molecular complexity index is 1500. The second-order valence-electron chi connectivity index (χ2n) is 9.35. The van der Waals surface area contributed by atoms with E-state index in [0.29, 0.717) is 5.56 Å². The van der Waals surface area contributed by atoms with Gasteiger partial charge in [0.1, 0.15) is 17.9 Å². The highest BCUT2D eigenvalue weighted by molar-refractivity contribution is 7.89. The van der Waals surface area contributed by atoms with Crippen LogP contribution >= 0.6 is 0 Å². The summed E-state index contributed by atoms with van der Waals surface area (Å²) < 4.78 is 27.3. The van der Waals surface area contributed by atoms with E-state index < -0.39 is 39.8 Å². The molecule has 11 nitrogen and oxygen atoms in total. The number of fused-ring (bicyclic) bond motifs is 1. The molecule has 0 heterocycles. The number of carbonyl (C=O) groups is 3. The predicted octanol–water partition coefficient (Wildman–Crippen LogP) is 1.29. The number of nitrogens with one attached hydrogen (secondary N) is 4. The van der Waals surface area contributed by atoms with E-state index in [9.17, 15) is 22.8 Å². The average molecular weight is 569 g/mol. The van der Waals surface area contributed by atoms with E-state index in [4.69, 9.17) is 16.9 Å². The number of carbonyl (C=O) groups excluding carboxylic acids is 3. The molecule has 12 heteroatoms. The van der Waals surface area contributed by atoms with E-state index in [1.165, 1.54) is 6.92 Å². The van der Waals surface area contributed by atoms with E-state index in [1.54, 1.807) is 24.3 Å². The minimum absolute atomic E-state index is 0. The van der Waals surface area contributed by atoms with Crippen LogP contribution in [-0.2, 0) is 37.4 Å². The zero-order valence-corrected chi connectivity index (χ0v) is 23.0. The molecule has 40 heavy (non-hydrogen) atoms. The lowest BCUT2D eigenvalue weighted by molar-refractivity contribution is -0.130. The number of nitrogen functional groups attached to an aromatic ring is 1. The van der Waals surface area contributed by atoms with E-state index in [0.717, 1.165) is 21.9 Å². The van der Waals surface area contributed by atoms with Crippen molar-refractivity contribution in [3.63, 3.8) is 0 Å². The van der Waals surface area contributed by atoms with Gasteiger partial charge in [0.25, 0.3) is 0 Å². The first-order valence-electron chi connectivity index (χ1n) is 12.7. The van der Waals surface area contributed by atoms with E-state index in [2.05, 4.69) is 15.4 Å². The summed E-state index contributed by atoms with van der Waals surface area (Å²) in [5, 5.41) is 14.7. The molecule has 0 radical (unpaired) electrons. The molecule has 0 aromatic heterocycles. The van der Waals surface area contributed by atoms with Crippen molar-refractivity contribution in [2.24, 2.45) is 11.5 Å². The smallest absolute Gasteiger partial charge is 0.242 e. The second-order valence-corrected chi connectivity index (χ2v) is 11.4. The molecule has 0 saturated carbocycles. The Hall–Kier alpha value is -4.29. The number of amidine groups is 1. The van der Waals surface area contributed by atoms with Crippen LogP contribution in [0.3, 0.4) is 0 Å². The van der Waals surface area contributed by atoms with Crippen molar-refractivity contribution in [3.05, 3.63) is 83.4 Å². The first-order valence-corrected chi connectivity index (χ1v) is 14.4. The summed E-state index contributed by atoms with van der Waals surface area (Å²) in [6, 6.07) is 17.6. The molecule has 3 rings (SSSR count). The molecule has 0 fully saturated rings. The monoisotopic (exact) mass is 568 g/mol. The molecule has 0 aliphatic carbocycles. The molecule has 0 unspecified atom stereocenters. The summed E-state index contributed by atoms with van der Waals surface area (Å²) in [7, 11) is -3.77. The van der Waals surface area contributed by atoms with Gasteiger partial charge in [-0.1, -0.05) is 66.7 Å². The Morgan fingerprint density at radius 2 is 1.55 bits per heavy atom. The van der Waals surface area contributed by atoms with Gasteiger partial charge in [-0.3, -0.25) is 19.8 Å². The van der Waals surface area contributed by atoms with Crippen LogP contribution in [0.2, 0.25) is 0 Å². The summed E-state index contributed by atoms with van der Waals surface area (Å²) in [5.41, 5.74) is 12.7. The third kappa shape index (κ3) is 8.89. The van der Waals surface area contributed by atoms with Crippen molar-refractivity contribution in [2.45, 2.75) is 44.8 Å². The molecule has 0 saturated heterocycles. The highest BCUT2D eigenvalue weighted by atomic mass is 32.2. The first kappa shape index (κ1) is 30.3. The fourth-order valence-electron chi connectivity index (χ4n) is 4.03. The van der Waals surface area contributed by atoms with Crippen molar-refractivity contribution >= 4 is 44.4 Å². The van der Waals surface area contributed by atoms with Crippen LogP contribution in [0.5, 0.6) is 0 Å². The van der Waals surface area contributed by atoms with Crippen LogP contribution in [0.1, 0.15) is 37.9 Å². The maximum Gasteiger partial charge on any atom is 0.242 e. The lowest BCUT2D eigenvalue weighted by Gasteiger charge is -2.23. The number of benzene rings is 3. The molecular weight excluding hydrogens is 532 g/mol. The Labute approximate surface area is 234 Å². The molecule has 0 aliphatic rings. The van der Waals surface area contributed by atoms with Gasteiger partial charge in [0.05, 0.1) is 5.75 Å². The largest absolute Gasteiger partial charge is 0.384 e. The van der Waals surface area contributed by atoms with Gasteiger partial charge in [0.2, 0.25) is 27.7 Å². The van der Waals surface area contributed by atoms with Crippen LogP contribution in [-0.4, -0.2) is 49.8 Å². The second kappa shape index (κ2) is 13.7. The summed E-state index contributed by atoms with van der Waals surface area (Å²) in [6.07, 6.45) is -0.191. The van der Waals surface area contributed by atoms with Crippen molar-refractivity contribution in [2.75, 3.05) is 5.75 Å². The molecule has 3 amide bonds. The third-order valence-corrected chi connectivity index (χ3v) is 7.72. The summed E-state index contributed by atoms with van der Waals surface area (Å²) in [6.45, 7) is 1.57. The minimum atomic E-state index is -3.77. The van der Waals surface area contributed by atoms with Crippen LogP contribution in [0, 0.1) is 5.41 Å². The number of primary amides is 1. The number of hydrogen-bond acceptors (Lipinski definition) is 6. The zero-order valence-electron chi connectivity index (χ0n) is 22.1. The van der Waals surface area contributed by atoms with Gasteiger partial charge in [-0.2, -0.15) is 0 Å². The van der Waals surface area contributed by atoms with Gasteiger partial charge >= 0.3 is 0 Å². The summed E-state index contributed by atoms with van der Waals surface area (Å²) in [4.78, 5) is 37.9. The molecule has 0 aliphatic heterocycles. The van der Waals surface area contributed by atoms with Gasteiger partial charge in [-0.25, -0.2) is 13.1 Å². The maximum atomic E-state index is 13.4. The molecule has 0 spiro atoms. The van der Waals surface area contributed by atoms with Gasteiger partial charge < -0.3 is 22.1 Å². The van der Waals surface area contributed by atoms with Crippen molar-refractivity contribution in [1.29, 1.82) is 5.41 Å². The molecular formula is C28H36N6O5S. The lowest BCUT2D eigenvalue weighted by Crippen LogP contribution is -2.54. The Balaban J connectivity index is 0.00000588. The molecule has 214 valence electrons. The third-order valence-electron chi connectivity index (χ3n) is 6.32. The SMILES string of the molecule is CCS(=O)(=O)N[C@H](Cc1ccc2ccccc2c1)C(=O)N[C@@H](CCC(N)=O)C(=O)NCc1ccc(C(=N)N)cc1.[HH]. The lowest BCUT2D eigenvalue weighted by atomic mass is 10.0. The fraction of sp³-hybridized carbons (Fsp3) is 0.286. The van der Waals surface area contributed by atoms with Crippen LogP contribution < -0.4 is 26.8 Å².